The van der Waals surface area contributed by atoms with Gasteiger partial charge < -0.3 is 10.2 Å². The zero-order valence-electron chi connectivity index (χ0n) is 8.77. The van der Waals surface area contributed by atoms with Crippen LogP contribution in [0.15, 0.2) is 28.7 Å². The van der Waals surface area contributed by atoms with Crippen molar-refractivity contribution in [2.45, 2.75) is 19.9 Å². The van der Waals surface area contributed by atoms with E-state index in [9.17, 15) is 0 Å². The largest absolute Gasteiger partial charge is 0.419 e. The van der Waals surface area contributed by atoms with E-state index in [1.165, 1.54) is 0 Å². The molecule has 0 aliphatic heterocycles. The summed E-state index contributed by atoms with van der Waals surface area (Å²) in [7, 11) is 0. The first-order valence-corrected chi connectivity index (χ1v) is 4.83. The van der Waals surface area contributed by atoms with Gasteiger partial charge in [0.25, 0.3) is 0 Å². The van der Waals surface area contributed by atoms with Crippen LogP contribution in [0, 0.1) is 6.92 Å². The summed E-state index contributed by atoms with van der Waals surface area (Å²) in [6.45, 7) is 3.82. The van der Waals surface area contributed by atoms with E-state index in [4.69, 9.17) is 10.2 Å². The average molecular weight is 203 g/mol. The quantitative estimate of drug-likeness (QED) is 0.811. The van der Waals surface area contributed by atoms with E-state index in [2.05, 4.69) is 10.2 Å². The normalized spacial score (nSPS) is 12.7. The average Bonchev–Trinajstić information content (AvgIpc) is 2.67. The van der Waals surface area contributed by atoms with Gasteiger partial charge in [-0.25, -0.2) is 0 Å². The van der Waals surface area contributed by atoms with Crippen molar-refractivity contribution in [3.63, 3.8) is 0 Å². The van der Waals surface area contributed by atoms with E-state index >= 15 is 0 Å². The Hall–Kier alpha value is -1.68. The third-order valence-electron chi connectivity index (χ3n) is 2.21. The summed E-state index contributed by atoms with van der Waals surface area (Å²) >= 11 is 0. The van der Waals surface area contributed by atoms with Gasteiger partial charge in [0.1, 0.15) is 0 Å². The van der Waals surface area contributed by atoms with Gasteiger partial charge in [-0.15, -0.1) is 10.2 Å². The molecule has 0 fully saturated rings. The van der Waals surface area contributed by atoms with E-state index in [0.717, 1.165) is 11.1 Å². The highest BCUT2D eigenvalue weighted by atomic mass is 16.4. The fourth-order valence-corrected chi connectivity index (χ4v) is 1.34. The lowest BCUT2D eigenvalue weighted by molar-refractivity contribution is 0.473. The number of nitrogens with zero attached hydrogens (tertiary/aromatic N) is 2. The minimum absolute atomic E-state index is 0.227. The molecule has 2 aromatic rings. The van der Waals surface area contributed by atoms with Crippen molar-refractivity contribution in [1.29, 1.82) is 0 Å². The summed E-state index contributed by atoms with van der Waals surface area (Å²) in [6, 6.07) is 7.65. The Labute approximate surface area is 88.1 Å². The molecular weight excluding hydrogens is 190 g/mol. The number of nitrogens with two attached hydrogens (primary N) is 1. The monoisotopic (exact) mass is 203 g/mol. The molecule has 4 nitrogen and oxygen atoms in total. The van der Waals surface area contributed by atoms with Crippen LogP contribution in [0.5, 0.6) is 0 Å². The van der Waals surface area contributed by atoms with E-state index in [1.807, 2.05) is 38.1 Å². The molecule has 1 atom stereocenters. The highest BCUT2D eigenvalue weighted by molar-refractivity contribution is 5.57. The van der Waals surface area contributed by atoms with Crippen LogP contribution in [0.25, 0.3) is 11.5 Å². The minimum atomic E-state index is -0.227. The summed E-state index contributed by atoms with van der Waals surface area (Å²) in [5.41, 5.74) is 7.71. The predicted molar refractivity (Wildman–Crippen MR) is 57.1 cm³/mol. The van der Waals surface area contributed by atoms with Gasteiger partial charge in [0.05, 0.1) is 6.04 Å². The van der Waals surface area contributed by atoms with Gasteiger partial charge in [-0.3, -0.25) is 0 Å². The number of hydrogen-bond donors (Lipinski definition) is 1. The molecule has 0 saturated heterocycles. The smallest absolute Gasteiger partial charge is 0.248 e. The minimum Gasteiger partial charge on any atom is -0.419 e. The van der Waals surface area contributed by atoms with Crippen LogP contribution in [0.3, 0.4) is 0 Å². The second kappa shape index (κ2) is 3.82. The molecule has 1 heterocycles. The van der Waals surface area contributed by atoms with Crippen molar-refractivity contribution in [3.05, 3.63) is 35.7 Å². The zero-order chi connectivity index (χ0) is 10.8. The molecule has 1 aromatic heterocycles. The van der Waals surface area contributed by atoms with Gasteiger partial charge in [0.15, 0.2) is 0 Å². The Morgan fingerprint density at radius 3 is 2.60 bits per heavy atom. The van der Waals surface area contributed by atoms with Crippen LogP contribution in [0.4, 0.5) is 0 Å². The molecule has 0 aliphatic rings. The maximum Gasteiger partial charge on any atom is 0.248 e. The third-order valence-corrected chi connectivity index (χ3v) is 2.21. The van der Waals surface area contributed by atoms with E-state index in [-0.39, 0.29) is 6.04 Å². The molecule has 78 valence electrons. The Bertz CT molecular complexity index is 462. The molecule has 15 heavy (non-hydrogen) atoms. The molecule has 0 saturated carbocycles. The Morgan fingerprint density at radius 2 is 2.00 bits per heavy atom. The number of rotatable bonds is 2. The van der Waals surface area contributed by atoms with Crippen molar-refractivity contribution in [3.8, 4) is 11.5 Å². The molecule has 1 aromatic carbocycles. The summed E-state index contributed by atoms with van der Waals surface area (Å²) in [6.07, 6.45) is 0. The van der Waals surface area contributed by atoms with E-state index in [0.29, 0.717) is 11.8 Å². The highest BCUT2D eigenvalue weighted by Crippen LogP contribution is 2.22. The SMILES string of the molecule is Cc1ccccc1-c1nnc([C@H](C)N)o1. The molecular formula is C11H13N3O. The topological polar surface area (TPSA) is 64.9 Å². The number of aromatic nitrogens is 2. The lowest BCUT2D eigenvalue weighted by Gasteiger charge is -1.99. The first-order chi connectivity index (χ1) is 7.18. The predicted octanol–water partition coefficient (Wildman–Crippen LogP) is 2.06. The van der Waals surface area contributed by atoms with Gasteiger partial charge in [-0.2, -0.15) is 0 Å². The molecule has 4 heteroatoms. The fourth-order valence-electron chi connectivity index (χ4n) is 1.34. The van der Waals surface area contributed by atoms with Crippen LogP contribution in [-0.4, -0.2) is 10.2 Å². The number of hydrogen-bond acceptors (Lipinski definition) is 4. The van der Waals surface area contributed by atoms with Crippen molar-refractivity contribution in [1.82, 2.24) is 10.2 Å². The number of benzene rings is 1. The Morgan fingerprint density at radius 1 is 1.27 bits per heavy atom. The molecule has 0 radical (unpaired) electrons. The summed E-state index contributed by atoms with van der Waals surface area (Å²) in [5, 5.41) is 7.86. The Balaban J connectivity index is 2.42. The Kier molecular flexibility index (Phi) is 2.51. The maximum atomic E-state index is 5.65. The second-order valence-electron chi connectivity index (χ2n) is 3.55. The van der Waals surface area contributed by atoms with Crippen molar-refractivity contribution in [2.24, 2.45) is 5.73 Å². The van der Waals surface area contributed by atoms with Gasteiger partial charge in [0, 0.05) is 5.56 Å². The van der Waals surface area contributed by atoms with Crippen LogP contribution in [-0.2, 0) is 0 Å². The molecule has 2 N–H and O–H groups in total. The van der Waals surface area contributed by atoms with Crippen LogP contribution in [0.2, 0.25) is 0 Å². The van der Waals surface area contributed by atoms with Crippen molar-refractivity contribution >= 4 is 0 Å². The fraction of sp³-hybridized carbons (Fsp3) is 0.273. The van der Waals surface area contributed by atoms with Crippen molar-refractivity contribution in [2.75, 3.05) is 0 Å². The van der Waals surface area contributed by atoms with Crippen LogP contribution >= 0.6 is 0 Å². The molecule has 2 rings (SSSR count). The van der Waals surface area contributed by atoms with Gasteiger partial charge >= 0.3 is 0 Å². The summed E-state index contributed by atoms with van der Waals surface area (Å²) in [5.74, 6) is 0.994. The summed E-state index contributed by atoms with van der Waals surface area (Å²) < 4.78 is 5.46. The first-order valence-electron chi connectivity index (χ1n) is 4.83. The van der Waals surface area contributed by atoms with Gasteiger partial charge in [-0.1, -0.05) is 18.2 Å². The molecule has 0 unspecified atom stereocenters. The standard InChI is InChI=1S/C11H13N3O/c1-7-5-3-4-6-9(7)11-14-13-10(15-11)8(2)12/h3-6,8H,12H2,1-2H3/t8-/m0/s1. The molecule has 0 aliphatic carbocycles. The van der Waals surface area contributed by atoms with Gasteiger partial charge in [0.2, 0.25) is 11.8 Å². The molecule has 0 amide bonds. The highest BCUT2D eigenvalue weighted by Gasteiger charge is 2.12. The summed E-state index contributed by atoms with van der Waals surface area (Å²) in [4.78, 5) is 0. The van der Waals surface area contributed by atoms with Gasteiger partial charge in [-0.05, 0) is 25.5 Å². The first kappa shape index (κ1) is 9.86. The molecule has 0 bridgehead atoms. The van der Waals surface area contributed by atoms with Crippen LogP contribution in [0.1, 0.15) is 24.4 Å². The second-order valence-corrected chi connectivity index (χ2v) is 3.55. The lowest BCUT2D eigenvalue weighted by Crippen LogP contribution is -2.04. The zero-order valence-corrected chi connectivity index (χ0v) is 8.77. The molecule has 0 spiro atoms. The number of aryl methyl sites for hydroxylation is 1. The van der Waals surface area contributed by atoms with Crippen LogP contribution < -0.4 is 5.73 Å². The third kappa shape index (κ3) is 1.89. The van der Waals surface area contributed by atoms with Crippen molar-refractivity contribution < 1.29 is 4.42 Å². The maximum absolute atomic E-state index is 5.65. The lowest BCUT2D eigenvalue weighted by atomic mass is 10.1. The van der Waals surface area contributed by atoms with E-state index in [1.54, 1.807) is 0 Å². The van der Waals surface area contributed by atoms with E-state index < -0.39 is 0 Å².